The number of methoxy groups -OCH3 is 2. The van der Waals surface area contributed by atoms with Crippen molar-refractivity contribution >= 4 is 0 Å². The van der Waals surface area contributed by atoms with Crippen LogP contribution < -0.4 is 9.47 Å². The highest BCUT2D eigenvalue weighted by atomic mass is 16.5. The van der Waals surface area contributed by atoms with Crippen molar-refractivity contribution in [3.05, 3.63) is 85.1 Å². The van der Waals surface area contributed by atoms with E-state index in [1.165, 1.54) is 0 Å². The van der Waals surface area contributed by atoms with Crippen molar-refractivity contribution in [2.45, 2.75) is 0 Å². The lowest BCUT2D eigenvalue weighted by molar-refractivity contribution is 0.414. The van der Waals surface area contributed by atoms with Gasteiger partial charge in [0.05, 0.1) is 19.9 Å². The number of aromatic nitrogens is 2. The maximum absolute atomic E-state index is 5.29. The Morgan fingerprint density at radius 2 is 1.18 bits per heavy atom. The summed E-state index contributed by atoms with van der Waals surface area (Å²) in [5, 5.41) is 0. The molecule has 4 aromatic rings. The molecule has 0 aliphatic rings. The molecule has 0 fully saturated rings. The second-order valence-electron chi connectivity index (χ2n) is 6.28. The summed E-state index contributed by atoms with van der Waals surface area (Å²) >= 11 is 0. The maximum Gasteiger partial charge on any atom is 0.159 e. The molecule has 4 nitrogen and oxygen atoms in total. The molecule has 3 aromatic carbocycles. The molecular formula is C24H20N2O2. The maximum atomic E-state index is 5.29. The fourth-order valence-electron chi connectivity index (χ4n) is 3.06. The average Bonchev–Trinajstić information content (AvgIpc) is 2.79. The van der Waals surface area contributed by atoms with E-state index in [1.807, 2.05) is 85.1 Å². The third-order valence-corrected chi connectivity index (χ3v) is 4.59. The molecule has 0 unspecified atom stereocenters. The molecule has 0 atom stereocenters. The van der Waals surface area contributed by atoms with Gasteiger partial charge in [0.2, 0.25) is 0 Å². The zero-order valence-electron chi connectivity index (χ0n) is 15.8. The monoisotopic (exact) mass is 368 g/mol. The summed E-state index contributed by atoms with van der Waals surface area (Å²) in [7, 11) is 3.32. The lowest BCUT2D eigenvalue weighted by Crippen LogP contribution is -1.96. The van der Waals surface area contributed by atoms with Crippen molar-refractivity contribution < 1.29 is 9.47 Å². The molecule has 138 valence electrons. The molecule has 0 saturated heterocycles. The molecule has 0 aliphatic carbocycles. The lowest BCUT2D eigenvalue weighted by atomic mass is 10.00. The first-order chi connectivity index (χ1) is 13.8. The fourth-order valence-corrected chi connectivity index (χ4v) is 3.06. The van der Waals surface area contributed by atoms with E-state index in [4.69, 9.17) is 14.5 Å². The van der Waals surface area contributed by atoms with Crippen molar-refractivity contribution in [1.82, 2.24) is 9.97 Å². The number of hydrogen-bond donors (Lipinski definition) is 0. The van der Waals surface area contributed by atoms with Crippen LogP contribution in [0.25, 0.3) is 33.8 Å². The largest absolute Gasteiger partial charge is 0.497 e. The predicted octanol–water partition coefficient (Wildman–Crippen LogP) is 5.49. The highest BCUT2D eigenvalue weighted by Gasteiger charge is 2.13. The van der Waals surface area contributed by atoms with Gasteiger partial charge in [0.25, 0.3) is 0 Å². The zero-order valence-corrected chi connectivity index (χ0v) is 15.8. The Morgan fingerprint density at radius 3 is 1.75 bits per heavy atom. The SMILES string of the molecule is COc1ccc(-c2cnc(-c3ccccc3)nc2-c2ccc(OC)cc2)cc1. The van der Waals surface area contributed by atoms with Gasteiger partial charge in [-0.15, -0.1) is 0 Å². The molecule has 4 heteroatoms. The van der Waals surface area contributed by atoms with Gasteiger partial charge in [-0.3, -0.25) is 0 Å². The minimum absolute atomic E-state index is 0.698. The summed E-state index contributed by atoms with van der Waals surface area (Å²) in [5.41, 5.74) is 4.87. The minimum atomic E-state index is 0.698. The summed E-state index contributed by atoms with van der Waals surface area (Å²) in [4.78, 5) is 9.53. The second-order valence-corrected chi connectivity index (χ2v) is 6.28. The molecule has 0 bridgehead atoms. The summed E-state index contributed by atoms with van der Waals surface area (Å²) in [5.74, 6) is 2.33. The van der Waals surface area contributed by atoms with Crippen molar-refractivity contribution in [3.8, 4) is 45.3 Å². The Hall–Kier alpha value is -3.66. The summed E-state index contributed by atoms with van der Waals surface area (Å²) in [6.45, 7) is 0. The Balaban J connectivity index is 1.86. The lowest BCUT2D eigenvalue weighted by Gasteiger charge is -2.12. The highest BCUT2D eigenvalue weighted by Crippen LogP contribution is 2.33. The van der Waals surface area contributed by atoms with Crippen LogP contribution >= 0.6 is 0 Å². The van der Waals surface area contributed by atoms with Crippen LogP contribution in [-0.2, 0) is 0 Å². The van der Waals surface area contributed by atoms with Gasteiger partial charge < -0.3 is 9.47 Å². The van der Waals surface area contributed by atoms with Crippen LogP contribution in [0.5, 0.6) is 11.5 Å². The van der Waals surface area contributed by atoms with Gasteiger partial charge in [0.1, 0.15) is 11.5 Å². The molecule has 0 N–H and O–H groups in total. The smallest absolute Gasteiger partial charge is 0.159 e. The van der Waals surface area contributed by atoms with E-state index in [-0.39, 0.29) is 0 Å². The van der Waals surface area contributed by atoms with Crippen LogP contribution in [0.4, 0.5) is 0 Å². The molecule has 1 aromatic heterocycles. The molecule has 0 saturated carbocycles. The first-order valence-corrected chi connectivity index (χ1v) is 9.00. The van der Waals surface area contributed by atoms with Gasteiger partial charge in [-0.1, -0.05) is 42.5 Å². The fraction of sp³-hybridized carbons (Fsp3) is 0.0833. The highest BCUT2D eigenvalue weighted by molar-refractivity contribution is 5.81. The van der Waals surface area contributed by atoms with Crippen LogP contribution in [0.3, 0.4) is 0 Å². The molecular weight excluding hydrogens is 348 g/mol. The van der Waals surface area contributed by atoms with Crippen LogP contribution in [0.2, 0.25) is 0 Å². The van der Waals surface area contributed by atoms with E-state index in [1.54, 1.807) is 14.2 Å². The van der Waals surface area contributed by atoms with Gasteiger partial charge >= 0.3 is 0 Å². The van der Waals surface area contributed by atoms with Crippen LogP contribution in [-0.4, -0.2) is 24.2 Å². The molecule has 0 aliphatic heterocycles. The number of benzene rings is 3. The van der Waals surface area contributed by atoms with Crippen LogP contribution in [0.15, 0.2) is 85.1 Å². The van der Waals surface area contributed by atoms with Gasteiger partial charge in [-0.25, -0.2) is 9.97 Å². The van der Waals surface area contributed by atoms with E-state index in [0.717, 1.165) is 39.4 Å². The topological polar surface area (TPSA) is 44.2 Å². The van der Waals surface area contributed by atoms with E-state index in [0.29, 0.717) is 5.82 Å². The molecule has 0 amide bonds. The standard InChI is InChI=1S/C24H20N2O2/c1-27-20-12-8-17(9-13-20)22-16-25-24(19-6-4-3-5-7-19)26-23(22)18-10-14-21(28-2)15-11-18/h3-16H,1-2H3. The first-order valence-electron chi connectivity index (χ1n) is 9.00. The van der Waals surface area contributed by atoms with Gasteiger partial charge in [-0.05, 0) is 42.0 Å². The van der Waals surface area contributed by atoms with E-state index < -0.39 is 0 Å². The van der Waals surface area contributed by atoms with Crippen LogP contribution in [0.1, 0.15) is 0 Å². The van der Waals surface area contributed by atoms with Gasteiger partial charge in [0, 0.05) is 22.9 Å². The zero-order chi connectivity index (χ0) is 19.3. The average molecular weight is 368 g/mol. The first kappa shape index (κ1) is 17.7. The van der Waals surface area contributed by atoms with Gasteiger partial charge in [0.15, 0.2) is 5.82 Å². The summed E-state index contributed by atoms with van der Waals surface area (Å²) in [6, 6.07) is 25.8. The molecule has 28 heavy (non-hydrogen) atoms. The molecule has 1 heterocycles. The van der Waals surface area contributed by atoms with E-state index in [9.17, 15) is 0 Å². The minimum Gasteiger partial charge on any atom is -0.497 e. The molecule has 0 radical (unpaired) electrons. The van der Waals surface area contributed by atoms with Gasteiger partial charge in [-0.2, -0.15) is 0 Å². The van der Waals surface area contributed by atoms with Crippen molar-refractivity contribution in [1.29, 1.82) is 0 Å². The molecule has 4 rings (SSSR count). The molecule has 0 spiro atoms. The normalized spacial score (nSPS) is 10.5. The third-order valence-electron chi connectivity index (χ3n) is 4.59. The summed E-state index contributed by atoms with van der Waals surface area (Å²) < 4.78 is 10.6. The van der Waals surface area contributed by atoms with Crippen molar-refractivity contribution in [2.75, 3.05) is 14.2 Å². The Morgan fingerprint density at radius 1 is 0.607 bits per heavy atom. The van der Waals surface area contributed by atoms with E-state index >= 15 is 0 Å². The number of nitrogens with zero attached hydrogens (tertiary/aromatic N) is 2. The number of hydrogen-bond acceptors (Lipinski definition) is 4. The summed E-state index contributed by atoms with van der Waals surface area (Å²) in [6.07, 6.45) is 1.89. The Kier molecular flexibility index (Phi) is 5.02. The Labute approximate surface area is 164 Å². The van der Waals surface area contributed by atoms with E-state index in [2.05, 4.69) is 4.98 Å². The predicted molar refractivity (Wildman–Crippen MR) is 111 cm³/mol. The quantitative estimate of drug-likeness (QED) is 0.467. The number of rotatable bonds is 5. The number of ether oxygens (including phenoxy) is 2. The third kappa shape index (κ3) is 3.58. The Bertz CT molecular complexity index is 1060. The van der Waals surface area contributed by atoms with Crippen LogP contribution in [0, 0.1) is 0 Å². The van der Waals surface area contributed by atoms with Crippen molar-refractivity contribution in [2.24, 2.45) is 0 Å². The van der Waals surface area contributed by atoms with Crippen molar-refractivity contribution in [3.63, 3.8) is 0 Å². The second kappa shape index (κ2) is 7.92.